The maximum absolute atomic E-state index is 12.1. The lowest BCUT2D eigenvalue weighted by Crippen LogP contribution is -2.34. The van der Waals surface area contributed by atoms with Gasteiger partial charge in [-0.25, -0.2) is 0 Å². The van der Waals surface area contributed by atoms with Gasteiger partial charge in [0.05, 0.1) is 12.7 Å². The number of hydrogen-bond acceptors (Lipinski definition) is 3. The molecule has 2 heterocycles. The highest BCUT2D eigenvalue weighted by Crippen LogP contribution is 2.14. The zero-order valence-corrected chi connectivity index (χ0v) is 12.0. The van der Waals surface area contributed by atoms with Crippen LogP contribution in [-0.2, 0) is 4.74 Å². The van der Waals surface area contributed by atoms with Crippen molar-refractivity contribution >= 4 is 16.8 Å². The van der Waals surface area contributed by atoms with Gasteiger partial charge in [0.1, 0.15) is 0 Å². The number of H-pyrrole nitrogens is 1. The van der Waals surface area contributed by atoms with Crippen LogP contribution in [0.1, 0.15) is 23.2 Å². The van der Waals surface area contributed by atoms with Crippen molar-refractivity contribution in [3.8, 4) is 0 Å². The lowest BCUT2D eigenvalue weighted by Gasteiger charge is -2.22. The molecule has 1 amide bonds. The highest BCUT2D eigenvalue weighted by Gasteiger charge is 2.13. The predicted molar refractivity (Wildman–Crippen MR) is 82.5 cm³/mol. The minimum Gasteiger partial charge on any atom is -0.376 e. The molecule has 1 aromatic carbocycles. The second-order valence-corrected chi connectivity index (χ2v) is 5.36. The number of piperidine rings is 1. The Kier molecular flexibility index (Phi) is 4.52. The van der Waals surface area contributed by atoms with Crippen LogP contribution in [0, 0.1) is 0 Å². The van der Waals surface area contributed by atoms with E-state index in [4.69, 9.17) is 4.74 Å². The molecule has 0 aliphatic carbocycles. The Labute approximate surface area is 124 Å². The SMILES string of the molecule is O=C(NCCOC1CCNCC1)c1ccc2cc[nH]c2c1. The number of nitrogens with one attached hydrogen (secondary N) is 3. The molecular formula is C16H21N3O2. The monoisotopic (exact) mass is 287 g/mol. The Balaban J connectivity index is 1.45. The van der Waals surface area contributed by atoms with Crippen LogP contribution >= 0.6 is 0 Å². The van der Waals surface area contributed by atoms with Crippen molar-refractivity contribution in [2.45, 2.75) is 18.9 Å². The molecule has 0 bridgehead atoms. The van der Waals surface area contributed by atoms with Crippen LogP contribution < -0.4 is 10.6 Å². The van der Waals surface area contributed by atoms with E-state index in [1.807, 2.05) is 30.5 Å². The molecule has 1 aliphatic heterocycles. The first-order chi connectivity index (χ1) is 10.3. The van der Waals surface area contributed by atoms with Crippen LogP contribution in [-0.4, -0.2) is 43.2 Å². The van der Waals surface area contributed by atoms with Gasteiger partial charge in [-0.15, -0.1) is 0 Å². The number of rotatable bonds is 5. The number of fused-ring (bicyclic) bond motifs is 1. The van der Waals surface area contributed by atoms with Gasteiger partial charge in [-0.3, -0.25) is 4.79 Å². The molecule has 1 fully saturated rings. The standard InChI is InChI=1S/C16H21N3O2/c20-16(13-2-1-12-3-8-18-15(12)11-13)19-9-10-21-14-4-6-17-7-5-14/h1-3,8,11,14,17-18H,4-7,9-10H2,(H,19,20). The minimum atomic E-state index is -0.0552. The van der Waals surface area contributed by atoms with Crippen molar-refractivity contribution < 1.29 is 9.53 Å². The van der Waals surface area contributed by atoms with E-state index in [1.165, 1.54) is 0 Å². The number of amides is 1. The smallest absolute Gasteiger partial charge is 0.251 e. The number of hydrogen-bond donors (Lipinski definition) is 3. The highest BCUT2D eigenvalue weighted by atomic mass is 16.5. The fourth-order valence-electron chi connectivity index (χ4n) is 2.64. The molecule has 2 aromatic rings. The van der Waals surface area contributed by atoms with Crippen molar-refractivity contribution in [1.29, 1.82) is 0 Å². The number of aromatic amines is 1. The Bertz CT molecular complexity index is 602. The van der Waals surface area contributed by atoms with E-state index in [2.05, 4.69) is 15.6 Å². The second-order valence-electron chi connectivity index (χ2n) is 5.36. The van der Waals surface area contributed by atoms with Crippen LogP contribution in [0.15, 0.2) is 30.5 Å². The van der Waals surface area contributed by atoms with Gasteiger partial charge in [-0.05, 0) is 49.5 Å². The minimum absolute atomic E-state index is 0.0552. The molecule has 1 aromatic heterocycles. The van der Waals surface area contributed by atoms with E-state index < -0.39 is 0 Å². The quantitative estimate of drug-likeness (QED) is 0.733. The third kappa shape index (κ3) is 3.62. The molecule has 21 heavy (non-hydrogen) atoms. The summed E-state index contributed by atoms with van der Waals surface area (Å²) in [5.41, 5.74) is 1.65. The van der Waals surface area contributed by atoms with Gasteiger partial charge in [0.2, 0.25) is 0 Å². The van der Waals surface area contributed by atoms with Crippen molar-refractivity contribution in [3.05, 3.63) is 36.0 Å². The van der Waals surface area contributed by atoms with E-state index in [0.717, 1.165) is 36.8 Å². The summed E-state index contributed by atoms with van der Waals surface area (Å²) in [6, 6.07) is 7.66. The van der Waals surface area contributed by atoms with Crippen LogP contribution in [0.25, 0.3) is 10.9 Å². The molecule has 0 saturated carbocycles. The second kappa shape index (κ2) is 6.74. The first-order valence-electron chi connectivity index (χ1n) is 7.50. The molecule has 0 spiro atoms. The normalized spacial score (nSPS) is 16.2. The molecule has 3 rings (SSSR count). The Morgan fingerprint density at radius 3 is 3.00 bits per heavy atom. The number of carbonyl (C=O) groups is 1. The zero-order chi connectivity index (χ0) is 14.5. The van der Waals surface area contributed by atoms with E-state index in [1.54, 1.807) is 0 Å². The Morgan fingerprint density at radius 1 is 1.29 bits per heavy atom. The lowest BCUT2D eigenvalue weighted by molar-refractivity contribution is 0.0343. The summed E-state index contributed by atoms with van der Waals surface area (Å²) in [5, 5.41) is 7.32. The van der Waals surface area contributed by atoms with Gasteiger partial charge in [0.15, 0.2) is 0 Å². The van der Waals surface area contributed by atoms with Gasteiger partial charge in [0, 0.05) is 23.8 Å². The molecule has 0 atom stereocenters. The Morgan fingerprint density at radius 2 is 2.14 bits per heavy atom. The first kappa shape index (κ1) is 14.1. The Hall–Kier alpha value is -1.85. The summed E-state index contributed by atoms with van der Waals surface area (Å²) >= 11 is 0. The lowest BCUT2D eigenvalue weighted by atomic mass is 10.1. The van der Waals surface area contributed by atoms with Crippen LogP contribution in [0.5, 0.6) is 0 Å². The molecule has 0 unspecified atom stereocenters. The van der Waals surface area contributed by atoms with E-state index in [-0.39, 0.29) is 5.91 Å². The molecule has 5 nitrogen and oxygen atoms in total. The topological polar surface area (TPSA) is 66.2 Å². The number of benzene rings is 1. The molecule has 3 N–H and O–H groups in total. The van der Waals surface area contributed by atoms with E-state index in [9.17, 15) is 4.79 Å². The van der Waals surface area contributed by atoms with Gasteiger partial charge in [0.25, 0.3) is 5.91 Å². The fourth-order valence-corrected chi connectivity index (χ4v) is 2.64. The number of aromatic nitrogens is 1. The van der Waals surface area contributed by atoms with Crippen molar-refractivity contribution in [2.24, 2.45) is 0 Å². The molecule has 112 valence electrons. The van der Waals surface area contributed by atoms with Crippen LogP contribution in [0.3, 0.4) is 0 Å². The zero-order valence-electron chi connectivity index (χ0n) is 12.0. The molecule has 5 heteroatoms. The summed E-state index contributed by atoms with van der Waals surface area (Å²) in [7, 11) is 0. The fraction of sp³-hybridized carbons (Fsp3) is 0.438. The van der Waals surface area contributed by atoms with Gasteiger partial charge < -0.3 is 20.4 Å². The average Bonchev–Trinajstić information content (AvgIpc) is 3.00. The predicted octanol–water partition coefficient (Wildman–Crippen LogP) is 1.67. The van der Waals surface area contributed by atoms with Crippen molar-refractivity contribution in [1.82, 2.24) is 15.6 Å². The maximum Gasteiger partial charge on any atom is 0.251 e. The third-order valence-corrected chi connectivity index (χ3v) is 3.84. The summed E-state index contributed by atoms with van der Waals surface area (Å²) in [5.74, 6) is -0.0552. The van der Waals surface area contributed by atoms with E-state index in [0.29, 0.717) is 24.8 Å². The summed E-state index contributed by atoms with van der Waals surface area (Å²) in [6.45, 7) is 3.16. The third-order valence-electron chi connectivity index (χ3n) is 3.84. The average molecular weight is 287 g/mol. The van der Waals surface area contributed by atoms with Crippen molar-refractivity contribution in [3.63, 3.8) is 0 Å². The first-order valence-corrected chi connectivity index (χ1v) is 7.50. The van der Waals surface area contributed by atoms with E-state index >= 15 is 0 Å². The maximum atomic E-state index is 12.1. The molecule has 1 saturated heterocycles. The van der Waals surface area contributed by atoms with Crippen LogP contribution in [0.4, 0.5) is 0 Å². The highest BCUT2D eigenvalue weighted by molar-refractivity contribution is 5.97. The van der Waals surface area contributed by atoms with Crippen LogP contribution in [0.2, 0.25) is 0 Å². The molecule has 0 radical (unpaired) electrons. The summed E-state index contributed by atoms with van der Waals surface area (Å²) in [4.78, 5) is 15.2. The summed E-state index contributed by atoms with van der Waals surface area (Å²) < 4.78 is 5.77. The van der Waals surface area contributed by atoms with Gasteiger partial charge in [-0.1, -0.05) is 6.07 Å². The van der Waals surface area contributed by atoms with Gasteiger partial charge >= 0.3 is 0 Å². The van der Waals surface area contributed by atoms with Crippen molar-refractivity contribution in [2.75, 3.05) is 26.2 Å². The summed E-state index contributed by atoms with van der Waals surface area (Å²) in [6.07, 6.45) is 4.31. The van der Waals surface area contributed by atoms with Gasteiger partial charge in [-0.2, -0.15) is 0 Å². The largest absolute Gasteiger partial charge is 0.376 e. The number of ether oxygens (including phenoxy) is 1. The number of carbonyl (C=O) groups excluding carboxylic acids is 1. The molecule has 1 aliphatic rings. The molecular weight excluding hydrogens is 266 g/mol.